The second kappa shape index (κ2) is 11.1. The van der Waals surface area contributed by atoms with E-state index in [2.05, 4.69) is 5.32 Å². The van der Waals surface area contributed by atoms with Crippen LogP contribution in [0.1, 0.15) is 22.8 Å². The van der Waals surface area contributed by atoms with Crippen LogP contribution in [0.4, 0.5) is 5.69 Å². The van der Waals surface area contributed by atoms with Gasteiger partial charge in [0, 0.05) is 36.7 Å². The van der Waals surface area contributed by atoms with Crippen molar-refractivity contribution in [1.82, 2.24) is 5.32 Å². The Balaban J connectivity index is 1.69. The largest absolute Gasteiger partial charge is 0.494 e. The Bertz CT molecular complexity index is 1820. The lowest BCUT2D eigenvalue weighted by Crippen LogP contribution is -2.25. The summed E-state index contributed by atoms with van der Waals surface area (Å²) in [5.74, 6) is 0.947. The van der Waals surface area contributed by atoms with E-state index in [4.69, 9.17) is 9.15 Å². The number of aryl methyl sites for hydroxylation is 1. The average molecular weight is 569 g/mol. The monoisotopic (exact) mass is 568 g/mol. The minimum absolute atomic E-state index is 0.291. The summed E-state index contributed by atoms with van der Waals surface area (Å²) in [5, 5.41) is 3.32. The summed E-state index contributed by atoms with van der Waals surface area (Å²) in [7, 11) is -0.508. The fourth-order valence-electron chi connectivity index (χ4n) is 4.81. The molecule has 1 N–H and O–H groups in total. The van der Waals surface area contributed by atoms with E-state index >= 15 is 0 Å². The number of nitrogens with zero attached hydrogens (tertiary/aromatic N) is 1. The van der Waals surface area contributed by atoms with Crippen molar-refractivity contribution in [1.29, 1.82) is 0 Å². The third kappa shape index (κ3) is 5.56. The molecule has 0 fully saturated rings. The number of ether oxygens (including phenoxy) is 1. The molecule has 1 heterocycles. The van der Waals surface area contributed by atoms with E-state index in [0.29, 0.717) is 40.2 Å². The number of fused-ring (bicyclic) bond motifs is 1. The van der Waals surface area contributed by atoms with Crippen molar-refractivity contribution in [2.24, 2.45) is 0 Å². The van der Waals surface area contributed by atoms with Crippen molar-refractivity contribution in [3.8, 4) is 39.3 Å². The highest BCUT2D eigenvalue weighted by Gasteiger charge is 2.25. The van der Waals surface area contributed by atoms with E-state index in [9.17, 15) is 13.2 Å². The highest BCUT2D eigenvalue weighted by molar-refractivity contribution is 7.92. The summed E-state index contributed by atoms with van der Waals surface area (Å²) in [6.07, 6.45) is 1.16. The molecule has 1 aromatic heterocycles. The number of sulfonamides is 1. The van der Waals surface area contributed by atoms with Crippen LogP contribution in [0.5, 0.6) is 5.75 Å². The summed E-state index contributed by atoms with van der Waals surface area (Å²) in [6.45, 7) is 4.54. The topological polar surface area (TPSA) is 88.8 Å². The van der Waals surface area contributed by atoms with E-state index < -0.39 is 10.0 Å². The standard InChI is InChI=1S/C33H32N2O5S/c1-6-39-26-17-15-23(16-18-26)22-11-13-24(14-12-22)27-19-28-30(20-29(27)35(4)41(5,37)38)40-32(31(28)33(36)34-3)25-9-7-21(2)8-10-25/h7-20H,6H2,1-5H3,(H,34,36). The molecule has 0 radical (unpaired) electrons. The molecule has 8 heteroatoms. The quantitative estimate of drug-likeness (QED) is 0.220. The van der Waals surface area contributed by atoms with Gasteiger partial charge in [-0.2, -0.15) is 0 Å². The smallest absolute Gasteiger partial charge is 0.255 e. The average Bonchev–Trinajstić information content (AvgIpc) is 3.35. The molecule has 7 nitrogen and oxygen atoms in total. The van der Waals surface area contributed by atoms with Crippen LogP contribution in [0.3, 0.4) is 0 Å². The van der Waals surface area contributed by atoms with E-state index in [1.165, 1.54) is 11.4 Å². The van der Waals surface area contributed by atoms with Crippen LogP contribution in [0, 0.1) is 6.92 Å². The molecule has 0 aliphatic carbocycles. The predicted molar refractivity (Wildman–Crippen MR) is 165 cm³/mol. The van der Waals surface area contributed by atoms with E-state index in [0.717, 1.165) is 39.8 Å². The Labute approximate surface area is 240 Å². The Morgan fingerprint density at radius 1 is 0.878 bits per heavy atom. The minimum atomic E-state index is -3.60. The SMILES string of the molecule is CCOc1ccc(-c2ccc(-c3cc4c(C(=O)NC)c(-c5ccc(C)cc5)oc4cc3N(C)S(C)(=O)=O)cc2)cc1. The van der Waals surface area contributed by atoms with Gasteiger partial charge in [0.25, 0.3) is 5.91 Å². The number of hydrogen-bond acceptors (Lipinski definition) is 5. The Hall–Kier alpha value is -4.56. The zero-order valence-corrected chi connectivity index (χ0v) is 24.5. The summed E-state index contributed by atoms with van der Waals surface area (Å²) in [5.41, 5.74) is 6.59. The van der Waals surface area contributed by atoms with Gasteiger partial charge in [-0.25, -0.2) is 8.42 Å². The molecule has 41 heavy (non-hydrogen) atoms. The second-order valence-corrected chi connectivity index (χ2v) is 11.9. The van der Waals surface area contributed by atoms with Crippen molar-refractivity contribution in [3.63, 3.8) is 0 Å². The number of furan rings is 1. The van der Waals surface area contributed by atoms with Gasteiger partial charge in [0.05, 0.1) is 24.1 Å². The van der Waals surface area contributed by atoms with Gasteiger partial charge in [0.15, 0.2) is 0 Å². The van der Waals surface area contributed by atoms with E-state index in [-0.39, 0.29) is 5.91 Å². The molecule has 0 unspecified atom stereocenters. The molecule has 4 aromatic carbocycles. The zero-order chi connectivity index (χ0) is 29.3. The molecule has 0 bridgehead atoms. The van der Waals surface area contributed by atoms with Gasteiger partial charge in [-0.15, -0.1) is 0 Å². The first kappa shape index (κ1) is 28.0. The zero-order valence-electron chi connectivity index (χ0n) is 23.7. The summed E-state index contributed by atoms with van der Waals surface area (Å²) in [4.78, 5) is 13.2. The molecule has 0 saturated heterocycles. The van der Waals surface area contributed by atoms with Gasteiger partial charge in [-0.05, 0) is 48.7 Å². The molecule has 0 spiro atoms. The van der Waals surface area contributed by atoms with Gasteiger partial charge in [0.2, 0.25) is 10.0 Å². The maximum Gasteiger partial charge on any atom is 0.255 e. The molecule has 210 valence electrons. The van der Waals surface area contributed by atoms with Crippen LogP contribution in [0.15, 0.2) is 89.3 Å². The van der Waals surface area contributed by atoms with E-state index in [1.807, 2.05) is 92.7 Å². The molecule has 5 rings (SSSR count). The number of rotatable bonds is 8. The van der Waals surface area contributed by atoms with Crippen molar-refractivity contribution in [2.45, 2.75) is 13.8 Å². The number of anilines is 1. The fraction of sp³-hybridized carbons (Fsp3) is 0.182. The highest BCUT2D eigenvalue weighted by Crippen LogP contribution is 2.41. The summed E-state index contributed by atoms with van der Waals surface area (Å²) >= 11 is 0. The Kier molecular flexibility index (Phi) is 7.60. The van der Waals surface area contributed by atoms with Crippen LogP contribution in [-0.4, -0.2) is 41.3 Å². The Morgan fingerprint density at radius 2 is 1.44 bits per heavy atom. The van der Waals surface area contributed by atoms with Crippen LogP contribution in [0.25, 0.3) is 44.5 Å². The number of nitrogens with one attached hydrogen (secondary N) is 1. The number of amides is 1. The second-order valence-electron chi connectivity index (χ2n) is 9.88. The first-order valence-electron chi connectivity index (χ1n) is 13.3. The molecular formula is C33H32N2O5S. The number of benzene rings is 4. The minimum Gasteiger partial charge on any atom is -0.494 e. The van der Waals surface area contributed by atoms with Crippen LogP contribution >= 0.6 is 0 Å². The lowest BCUT2D eigenvalue weighted by atomic mass is 9.96. The number of hydrogen-bond donors (Lipinski definition) is 1. The van der Waals surface area contributed by atoms with Gasteiger partial charge < -0.3 is 14.5 Å². The molecular weight excluding hydrogens is 536 g/mol. The van der Waals surface area contributed by atoms with Crippen LogP contribution in [0.2, 0.25) is 0 Å². The van der Waals surface area contributed by atoms with Crippen LogP contribution in [-0.2, 0) is 10.0 Å². The lowest BCUT2D eigenvalue weighted by Gasteiger charge is -2.21. The maximum atomic E-state index is 13.2. The molecule has 0 aliphatic rings. The Morgan fingerprint density at radius 3 is 2.00 bits per heavy atom. The van der Waals surface area contributed by atoms with Gasteiger partial charge >= 0.3 is 0 Å². The van der Waals surface area contributed by atoms with Crippen molar-refractivity contribution >= 4 is 32.6 Å². The third-order valence-electron chi connectivity index (χ3n) is 7.11. The van der Waals surface area contributed by atoms with Crippen molar-refractivity contribution in [2.75, 3.05) is 31.3 Å². The van der Waals surface area contributed by atoms with Crippen molar-refractivity contribution in [3.05, 3.63) is 96.1 Å². The van der Waals surface area contributed by atoms with Crippen LogP contribution < -0.4 is 14.4 Å². The normalized spacial score (nSPS) is 11.4. The van der Waals surface area contributed by atoms with Crippen molar-refractivity contribution < 1.29 is 22.4 Å². The molecule has 0 aliphatic heterocycles. The van der Waals surface area contributed by atoms with E-state index in [1.54, 1.807) is 13.1 Å². The third-order valence-corrected chi connectivity index (χ3v) is 8.30. The first-order chi connectivity index (χ1) is 19.6. The first-order valence-corrected chi connectivity index (χ1v) is 15.1. The number of carbonyl (C=O) groups excluding carboxylic acids is 1. The molecule has 5 aromatic rings. The summed E-state index contributed by atoms with van der Waals surface area (Å²) in [6, 6.07) is 27.0. The molecule has 0 atom stereocenters. The summed E-state index contributed by atoms with van der Waals surface area (Å²) < 4.78 is 38.4. The molecule has 1 amide bonds. The highest BCUT2D eigenvalue weighted by atomic mass is 32.2. The lowest BCUT2D eigenvalue weighted by molar-refractivity contribution is 0.0964. The predicted octanol–water partition coefficient (Wildman–Crippen LogP) is 6.90. The van der Waals surface area contributed by atoms with Gasteiger partial charge in [-0.1, -0.05) is 66.2 Å². The maximum absolute atomic E-state index is 13.2. The fourth-order valence-corrected chi connectivity index (χ4v) is 5.32. The number of carbonyl (C=O) groups is 1. The molecule has 0 saturated carbocycles. The van der Waals surface area contributed by atoms with Gasteiger partial charge in [0.1, 0.15) is 17.1 Å². The van der Waals surface area contributed by atoms with Gasteiger partial charge in [-0.3, -0.25) is 9.10 Å².